The summed E-state index contributed by atoms with van der Waals surface area (Å²) in [7, 11) is 0. The molecule has 2 aromatic rings. The van der Waals surface area contributed by atoms with Gasteiger partial charge >= 0.3 is 0 Å². The van der Waals surface area contributed by atoms with E-state index in [9.17, 15) is 4.79 Å². The average Bonchev–Trinajstić information content (AvgIpc) is 3.08. The number of rotatable bonds is 3. The van der Waals surface area contributed by atoms with E-state index in [2.05, 4.69) is 22.1 Å². The molecule has 3 heterocycles. The van der Waals surface area contributed by atoms with Crippen LogP contribution in [0.2, 0.25) is 0 Å². The van der Waals surface area contributed by atoms with Gasteiger partial charge in [-0.1, -0.05) is 12.5 Å². The maximum Gasteiger partial charge on any atom is 0.255 e. The van der Waals surface area contributed by atoms with Gasteiger partial charge in [0.25, 0.3) is 5.91 Å². The maximum absolute atomic E-state index is 12.7. The first kappa shape index (κ1) is 15.3. The van der Waals surface area contributed by atoms with Gasteiger partial charge in [-0.25, -0.2) is 0 Å². The molecule has 0 bridgehead atoms. The summed E-state index contributed by atoms with van der Waals surface area (Å²) in [6.07, 6.45) is 10.1. The number of hydrogen-bond donors (Lipinski definition) is 0. The fourth-order valence-corrected chi connectivity index (χ4v) is 4.47. The molecule has 4 heteroatoms. The smallest absolute Gasteiger partial charge is 0.255 e. The minimum absolute atomic E-state index is 0.133. The van der Waals surface area contributed by atoms with Gasteiger partial charge in [0.15, 0.2) is 0 Å². The Labute approximate surface area is 142 Å². The van der Waals surface area contributed by atoms with Crippen molar-refractivity contribution in [2.24, 2.45) is 17.8 Å². The summed E-state index contributed by atoms with van der Waals surface area (Å²) in [5, 5.41) is 0. The topological polar surface area (TPSA) is 46.1 Å². The third-order valence-electron chi connectivity index (χ3n) is 5.64. The lowest BCUT2D eigenvalue weighted by Gasteiger charge is -2.32. The zero-order valence-corrected chi connectivity index (χ0v) is 13.8. The van der Waals surface area contributed by atoms with Gasteiger partial charge in [0.2, 0.25) is 0 Å². The van der Waals surface area contributed by atoms with E-state index in [-0.39, 0.29) is 5.91 Å². The fraction of sp³-hybridized carbons (Fsp3) is 0.450. The Balaban J connectivity index is 1.47. The lowest BCUT2D eigenvalue weighted by atomic mass is 9.72. The van der Waals surface area contributed by atoms with Crippen molar-refractivity contribution < 1.29 is 4.79 Å². The van der Waals surface area contributed by atoms with Crippen molar-refractivity contribution in [3.05, 3.63) is 60.2 Å². The number of likely N-dealkylation sites (tertiary alicyclic amines) is 1. The number of nitrogens with zero attached hydrogens (tertiary/aromatic N) is 3. The summed E-state index contributed by atoms with van der Waals surface area (Å²) in [6.45, 7) is 1.78. The molecule has 0 spiro atoms. The average molecular weight is 321 g/mol. The highest BCUT2D eigenvalue weighted by Gasteiger charge is 2.41. The van der Waals surface area contributed by atoms with Crippen molar-refractivity contribution in [1.82, 2.24) is 14.9 Å². The molecular weight excluding hydrogens is 298 g/mol. The first-order valence-electron chi connectivity index (χ1n) is 8.90. The van der Waals surface area contributed by atoms with Crippen LogP contribution in [-0.4, -0.2) is 33.9 Å². The number of aromatic nitrogens is 2. The number of pyridine rings is 2. The van der Waals surface area contributed by atoms with E-state index < -0.39 is 0 Å². The Morgan fingerprint density at radius 3 is 2.88 bits per heavy atom. The summed E-state index contributed by atoms with van der Waals surface area (Å²) in [5.41, 5.74) is 1.89. The van der Waals surface area contributed by atoms with Crippen molar-refractivity contribution in [2.75, 3.05) is 13.1 Å². The summed E-state index contributed by atoms with van der Waals surface area (Å²) in [4.78, 5) is 23.4. The quantitative estimate of drug-likeness (QED) is 0.872. The lowest BCUT2D eigenvalue weighted by molar-refractivity contribution is 0.0781. The standard InChI is InChI=1S/C20H23N3O/c24-20(16-7-4-9-21-12-16)23-13-17-6-3-5-15(19(17)14-23)11-18-8-1-2-10-22-18/h1-2,4,7-10,12,15,17,19H,3,5-6,11,13-14H2/t15-,17-,19-/m1/s1. The second-order valence-corrected chi connectivity index (χ2v) is 7.09. The molecule has 3 atom stereocenters. The van der Waals surface area contributed by atoms with E-state index in [4.69, 9.17) is 0 Å². The summed E-state index contributed by atoms with van der Waals surface area (Å²) in [5.74, 6) is 2.04. The Morgan fingerprint density at radius 2 is 2.08 bits per heavy atom. The minimum atomic E-state index is 0.133. The third kappa shape index (κ3) is 3.05. The third-order valence-corrected chi connectivity index (χ3v) is 5.64. The molecule has 4 rings (SSSR count). The first-order valence-corrected chi connectivity index (χ1v) is 8.90. The first-order chi connectivity index (χ1) is 11.8. The van der Waals surface area contributed by atoms with Crippen LogP contribution in [-0.2, 0) is 6.42 Å². The monoisotopic (exact) mass is 321 g/mol. The molecule has 2 fully saturated rings. The largest absolute Gasteiger partial charge is 0.338 e. The van der Waals surface area contributed by atoms with Gasteiger partial charge in [-0.3, -0.25) is 14.8 Å². The normalized spacial score (nSPS) is 26.2. The molecule has 124 valence electrons. The zero-order chi connectivity index (χ0) is 16.4. The molecule has 1 aliphatic carbocycles. The van der Waals surface area contributed by atoms with Crippen LogP contribution in [0.25, 0.3) is 0 Å². The lowest BCUT2D eigenvalue weighted by Crippen LogP contribution is -2.30. The Hall–Kier alpha value is -2.23. The van der Waals surface area contributed by atoms with Gasteiger partial charge < -0.3 is 4.90 Å². The van der Waals surface area contributed by atoms with Gasteiger partial charge in [-0.2, -0.15) is 0 Å². The van der Waals surface area contributed by atoms with Crippen LogP contribution in [0, 0.1) is 17.8 Å². The molecule has 1 saturated heterocycles. The summed E-state index contributed by atoms with van der Waals surface area (Å²) >= 11 is 0. The van der Waals surface area contributed by atoms with E-state index in [1.54, 1.807) is 12.4 Å². The van der Waals surface area contributed by atoms with Crippen LogP contribution < -0.4 is 0 Å². The molecule has 2 aromatic heterocycles. The molecule has 1 amide bonds. The van der Waals surface area contributed by atoms with Gasteiger partial charge in [0, 0.05) is 37.4 Å². The summed E-state index contributed by atoms with van der Waals surface area (Å²) in [6, 6.07) is 9.85. The number of carbonyl (C=O) groups is 1. The predicted molar refractivity (Wildman–Crippen MR) is 92.4 cm³/mol. The van der Waals surface area contributed by atoms with Crippen LogP contribution in [0.1, 0.15) is 35.3 Å². The molecule has 24 heavy (non-hydrogen) atoms. The van der Waals surface area contributed by atoms with Crippen LogP contribution in [0.5, 0.6) is 0 Å². The van der Waals surface area contributed by atoms with Crippen LogP contribution in [0.15, 0.2) is 48.9 Å². The SMILES string of the molecule is O=C(c1cccnc1)N1C[C@H]2CCC[C@H](Cc3ccccn3)[C@H]2C1. The second-order valence-electron chi connectivity index (χ2n) is 7.09. The van der Waals surface area contributed by atoms with E-state index in [0.29, 0.717) is 23.3 Å². The predicted octanol–water partition coefficient (Wildman–Crippen LogP) is 3.21. The van der Waals surface area contributed by atoms with Crippen LogP contribution in [0.4, 0.5) is 0 Å². The molecule has 0 aromatic carbocycles. The number of hydrogen-bond acceptors (Lipinski definition) is 3. The molecule has 2 aliphatic rings. The molecule has 0 unspecified atom stereocenters. The van der Waals surface area contributed by atoms with E-state index in [0.717, 1.165) is 19.5 Å². The second kappa shape index (κ2) is 6.71. The molecule has 4 nitrogen and oxygen atoms in total. The molecular formula is C20H23N3O. The van der Waals surface area contributed by atoms with Crippen LogP contribution in [0.3, 0.4) is 0 Å². The zero-order valence-electron chi connectivity index (χ0n) is 13.8. The van der Waals surface area contributed by atoms with Crippen LogP contribution >= 0.6 is 0 Å². The van der Waals surface area contributed by atoms with Crippen molar-refractivity contribution >= 4 is 5.91 Å². The Bertz CT molecular complexity index is 689. The van der Waals surface area contributed by atoms with E-state index >= 15 is 0 Å². The van der Waals surface area contributed by atoms with E-state index in [1.807, 2.05) is 29.3 Å². The maximum atomic E-state index is 12.7. The van der Waals surface area contributed by atoms with Crippen molar-refractivity contribution in [3.8, 4) is 0 Å². The Morgan fingerprint density at radius 1 is 1.12 bits per heavy atom. The van der Waals surface area contributed by atoms with Crippen molar-refractivity contribution in [2.45, 2.75) is 25.7 Å². The van der Waals surface area contributed by atoms with Crippen molar-refractivity contribution in [3.63, 3.8) is 0 Å². The highest BCUT2D eigenvalue weighted by atomic mass is 16.2. The number of amides is 1. The molecule has 0 radical (unpaired) electrons. The Kier molecular flexibility index (Phi) is 4.28. The minimum Gasteiger partial charge on any atom is -0.338 e. The van der Waals surface area contributed by atoms with Gasteiger partial charge in [-0.15, -0.1) is 0 Å². The highest BCUT2D eigenvalue weighted by Crippen LogP contribution is 2.41. The highest BCUT2D eigenvalue weighted by molar-refractivity contribution is 5.94. The van der Waals surface area contributed by atoms with Gasteiger partial charge in [0.1, 0.15) is 0 Å². The van der Waals surface area contributed by atoms with Gasteiger partial charge in [-0.05, 0) is 61.3 Å². The van der Waals surface area contributed by atoms with Crippen molar-refractivity contribution in [1.29, 1.82) is 0 Å². The number of carbonyl (C=O) groups excluding carboxylic acids is 1. The van der Waals surface area contributed by atoms with Gasteiger partial charge in [0.05, 0.1) is 5.56 Å². The molecule has 0 N–H and O–H groups in total. The molecule has 1 saturated carbocycles. The fourth-order valence-electron chi connectivity index (χ4n) is 4.47. The van der Waals surface area contributed by atoms with E-state index in [1.165, 1.54) is 25.0 Å². The number of fused-ring (bicyclic) bond motifs is 1. The summed E-state index contributed by atoms with van der Waals surface area (Å²) < 4.78 is 0. The molecule has 1 aliphatic heterocycles.